The van der Waals surface area contributed by atoms with Crippen LogP contribution in [0.15, 0.2) is 29.2 Å². The van der Waals surface area contributed by atoms with Crippen molar-refractivity contribution >= 4 is 10.1 Å². The lowest BCUT2D eigenvalue weighted by molar-refractivity contribution is -0.225. The summed E-state index contributed by atoms with van der Waals surface area (Å²) < 4.78 is 40.1. The van der Waals surface area contributed by atoms with Gasteiger partial charge in [0.1, 0.15) is 0 Å². The van der Waals surface area contributed by atoms with Crippen molar-refractivity contribution in [3.63, 3.8) is 0 Å². The van der Waals surface area contributed by atoms with Crippen LogP contribution in [0.25, 0.3) is 0 Å². The molecule has 0 amide bonds. The van der Waals surface area contributed by atoms with E-state index >= 15 is 0 Å². The Morgan fingerprint density at radius 3 is 2.14 bits per heavy atom. The lowest BCUT2D eigenvalue weighted by atomic mass is 9.90. The monoisotopic (exact) mass is 331 g/mol. The van der Waals surface area contributed by atoms with Crippen molar-refractivity contribution in [2.45, 2.75) is 49.3 Å². The summed E-state index contributed by atoms with van der Waals surface area (Å²) in [5.41, 5.74) is 6.76. The summed E-state index contributed by atoms with van der Waals surface area (Å²) in [4.78, 5) is -0.0666. The zero-order valence-electron chi connectivity index (χ0n) is 13.3. The van der Waals surface area contributed by atoms with E-state index in [2.05, 4.69) is 0 Å². The van der Waals surface area contributed by atoms with Gasteiger partial charge in [0.2, 0.25) is 0 Å². The largest absolute Gasteiger partial charge is 0.353 e. The molecule has 22 heavy (non-hydrogen) atoms. The molecular weight excluding hydrogens is 306 g/mol. The predicted octanol–water partition coefficient (Wildman–Crippen LogP) is 2.12. The topological polar surface area (TPSA) is 98.9 Å². The van der Waals surface area contributed by atoms with Crippen molar-refractivity contribution in [1.29, 1.82) is 0 Å². The second-order valence-corrected chi connectivity index (χ2v) is 6.89. The summed E-state index contributed by atoms with van der Waals surface area (Å²) >= 11 is 0. The lowest BCUT2D eigenvalue weighted by Gasteiger charge is -2.37. The van der Waals surface area contributed by atoms with E-state index in [0.29, 0.717) is 0 Å². The summed E-state index contributed by atoms with van der Waals surface area (Å²) in [6.45, 7) is 1.84. The molecule has 1 saturated carbocycles. The Balaban J connectivity index is 0.000000220. The van der Waals surface area contributed by atoms with Gasteiger partial charge in [-0.25, -0.2) is 0 Å². The standard InChI is InChI=1S/C8H17NO2.C7H8O3S/c1-10-8(11-2)5-3-4-7(9)6-8;1-6-2-4-7(5-3-6)11(8,9)10/h7H,3-6,9H2,1-2H3;2-5H,1H3,(H,8,9,10). The van der Waals surface area contributed by atoms with E-state index in [9.17, 15) is 8.42 Å². The van der Waals surface area contributed by atoms with Crippen LogP contribution in [0.2, 0.25) is 0 Å². The number of methoxy groups -OCH3 is 2. The highest BCUT2D eigenvalue weighted by molar-refractivity contribution is 7.85. The molecule has 1 aromatic carbocycles. The van der Waals surface area contributed by atoms with Crippen LogP contribution in [0.1, 0.15) is 31.2 Å². The first-order chi connectivity index (χ1) is 10.2. The van der Waals surface area contributed by atoms with E-state index in [4.69, 9.17) is 19.8 Å². The minimum absolute atomic E-state index is 0.0666. The van der Waals surface area contributed by atoms with E-state index in [-0.39, 0.29) is 10.9 Å². The van der Waals surface area contributed by atoms with Gasteiger partial charge in [0.05, 0.1) is 4.90 Å². The molecule has 1 aromatic rings. The summed E-state index contributed by atoms with van der Waals surface area (Å²) in [5, 5.41) is 0. The Morgan fingerprint density at radius 2 is 1.77 bits per heavy atom. The van der Waals surface area contributed by atoms with E-state index in [1.165, 1.54) is 12.1 Å². The van der Waals surface area contributed by atoms with Crippen LogP contribution in [0.5, 0.6) is 0 Å². The van der Waals surface area contributed by atoms with Gasteiger partial charge in [0.25, 0.3) is 10.1 Å². The first-order valence-electron chi connectivity index (χ1n) is 7.12. The van der Waals surface area contributed by atoms with Crippen LogP contribution in [0, 0.1) is 6.92 Å². The Hall–Kier alpha value is -0.990. The average Bonchev–Trinajstić information content (AvgIpc) is 2.47. The fourth-order valence-corrected chi connectivity index (χ4v) is 2.88. The minimum atomic E-state index is -4.02. The number of hydrogen-bond acceptors (Lipinski definition) is 5. The molecule has 0 aliphatic heterocycles. The normalized spacial score (nSPS) is 20.9. The van der Waals surface area contributed by atoms with Gasteiger partial charge in [-0.15, -0.1) is 0 Å². The highest BCUT2D eigenvalue weighted by Gasteiger charge is 2.34. The highest BCUT2D eigenvalue weighted by atomic mass is 32.2. The summed E-state index contributed by atoms with van der Waals surface area (Å²) in [6, 6.07) is 6.23. The van der Waals surface area contributed by atoms with Crippen molar-refractivity contribution in [2.24, 2.45) is 5.73 Å². The highest BCUT2D eigenvalue weighted by Crippen LogP contribution is 2.30. The molecule has 6 nitrogen and oxygen atoms in total. The zero-order valence-corrected chi connectivity index (χ0v) is 14.1. The fraction of sp³-hybridized carbons (Fsp3) is 0.600. The number of nitrogens with two attached hydrogens (primary N) is 1. The molecule has 7 heteroatoms. The van der Waals surface area contributed by atoms with Crippen molar-refractivity contribution in [3.05, 3.63) is 29.8 Å². The Labute approximate surface area is 132 Å². The molecule has 2 rings (SSSR count). The first kappa shape index (κ1) is 19.1. The second-order valence-electron chi connectivity index (χ2n) is 5.46. The maximum absolute atomic E-state index is 10.5. The van der Waals surface area contributed by atoms with E-state index in [1.807, 2.05) is 6.92 Å². The van der Waals surface area contributed by atoms with Crippen LogP contribution in [-0.4, -0.2) is 39.0 Å². The van der Waals surface area contributed by atoms with E-state index in [1.54, 1.807) is 26.4 Å². The fourth-order valence-electron chi connectivity index (χ4n) is 2.40. The summed E-state index contributed by atoms with van der Waals surface area (Å²) in [7, 11) is -0.655. The molecule has 0 radical (unpaired) electrons. The predicted molar refractivity (Wildman–Crippen MR) is 84.2 cm³/mol. The molecule has 1 aliphatic rings. The van der Waals surface area contributed by atoms with Gasteiger partial charge in [0.15, 0.2) is 5.79 Å². The number of ether oxygens (including phenoxy) is 2. The molecule has 0 saturated heterocycles. The Bertz CT molecular complexity index is 552. The molecule has 1 unspecified atom stereocenters. The molecule has 1 aliphatic carbocycles. The number of benzene rings is 1. The maximum atomic E-state index is 10.5. The molecule has 0 aromatic heterocycles. The van der Waals surface area contributed by atoms with Crippen LogP contribution in [0.4, 0.5) is 0 Å². The van der Waals surface area contributed by atoms with Gasteiger partial charge in [-0.05, 0) is 31.9 Å². The number of hydrogen-bond donors (Lipinski definition) is 2. The SMILES string of the molecule is COC1(OC)CCCC(N)C1.Cc1ccc(S(=O)(=O)O)cc1. The van der Waals surface area contributed by atoms with Crippen molar-refractivity contribution in [1.82, 2.24) is 0 Å². The summed E-state index contributed by atoms with van der Waals surface area (Å²) in [6.07, 6.45) is 3.98. The molecule has 0 heterocycles. The van der Waals surface area contributed by atoms with Crippen molar-refractivity contribution < 1.29 is 22.4 Å². The van der Waals surface area contributed by atoms with Crippen LogP contribution < -0.4 is 5.73 Å². The van der Waals surface area contributed by atoms with Crippen LogP contribution in [-0.2, 0) is 19.6 Å². The molecule has 1 fully saturated rings. The van der Waals surface area contributed by atoms with Gasteiger partial charge in [-0.3, -0.25) is 4.55 Å². The Kier molecular flexibility index (Phi) is 6.96. The number of rotatable bonds is 3. The second kappa shape index (κ2) is 8.03. The van der Waals surface area contributed by atoms with Gasteiger partial charge < -0.3 is 15.2 Å². The third-order valence-electron chi connectivity index (χ3n) is 3.77. The van der Waals surface area contributed by atoms with Gasteiger partial charge in [0, 0.05) is 33.1 Å². The van der Waals surface area contributed by atoms with Gasteiger partial charge in [-0.2, -0.15) is 8.42 Å². The van der Waals surface area contributed by atoms with Gasteiger partial charge in [-0.1, -0.05) is 17.7 Å². The third-order valence-corrected chi connectivity index (χ3v) is 4.64. The average molecular weight is 331 g/mol. The quantitative estimate of drug-likeness (QED) is 0.650. The van der Waals surface area contributed by atoms with Crippen molar-refractivity contribution in [2.75, 3.05) is 14.2 Å². The van der Waals surface area contributed by atoms with Gasteiger partial charge >= 0.3 is 0 Å². The van der Waals surface area contributed by atoms with E-state index < -0.39 is 15.9 Å². The maximum Gasteiger partial charge on any atom is 0.294 e. The lowest BCUT2D eigenvalue weighted by Crippen LogP contribution is -2.44. The Morgan fingerprint density at radius 1 is 1.23 bits per heavy atom. The third kappa shape index (κ3) is 5.66. The summed E-state index contributed by atoms with van der Waals surface area (Å²) in [5.74, 6) is -0.391. The van der Waals surface area contributed by atoms with E-state index in [0.717, 1.165) is 31.2 Å². The molecule has 3 N–H and O–H groups in total. The molecular formula is C15H25NO5S. The van der Waals surface area contributed by atoms with Crippen molar-refractivity contribution in [3.8, 4) is 0 Å². The smallest absolute Gasteiger partial charge is 0.294 e. The molecule has 126 valence electrons. The minimum Gasteiger partial charge on any atom is -0.353 e. The number of aryl methyl sites for hydroxylation is 1. The van der Waals surface area contributed by atoms with Crippen LogP contribution in [0.3, 0.4) is 0 Å². The molecule has 0 spiro atoms. The zero-order chi connectivity index (χ0) is 16.8. The van der Waals surface area contributed by atoms with Crippen LogP contribution >= 0.6 is 0 Å². The molecule has 1 atom stereocenters. The first-order valence-corrected chi connectivity index (χ1v) is 8.56. The molecule has 0 bridgehead atoms.